The number of benzene rings is 2. The van der Waals surface area contributed by atoms with Crippen molar-refractivity contribution in [2.24, 2.45) is 0 Å². The molecule has 0 saturated carbocycles. The Morgan fingerprint density at radius 1 is 1.19 bits per heavy atom. The number of fused-ring (bicyclic) bond motifs is 2. The number of imidazole rings is 1. The molecule has 0 saturated heterocycles. The highest BCUT2D eigenvalue weighted by atomic mass is 31.2. The number of hydrogen-bond acceptors (Lipinski definition) is 5. The number of nitrogens with zero attached hydrogens (tertiary/aromatic N) is 3. The minimum Gasteiger partial charge on any atom is -0.493 e. The Bertz CT molecular complexity index is 1380. The van der Waals surface area contributed by atoms with Crippen molar-refractivity contribution >= 4 is 24.0 Å². The molecule has 3 heterocycles. The maximum atomic E-state index is 14.5. The van der Waals surface area contributed by atoms with Crippen LogP contribution in [0, 0.1) is 12.7 Å². The number of hydrogen-bond donors (Lipinski definition) is 1. The molecular formula is C24H24FN4O2P. The normalized spacial score (nSPS) is 13.2. The van der Waals surface area contributed by atoms with E-state index in [9.17, 15) is 8.96 Å². The first kappa shape index (κ1) is 20.7. The predicted molar refractivity (Wildman–Crippen MR) is 125 cm³/mol. The van der Waals surface area contributed by atoms with Gasteiger partial charge < -0.3 is 14.6 Å². The number of ether oxygens (including phenoxy) is 1. The van der Waals surface area contributed by atoms with Gasteiger partial charge in [-0.1, -0.05) is 24.3 Å². The quantitative estimate of drug-likeness (QED) is 0.449. The summed E-state index contributed by atoms with van der Waals surface area (Å²) in [6.07, 6.45) is 4.38. The van der Waals surface area contributed by atoms with Crippen LogP contribution in [0.1, 0.15) is 16.8 Å². The number of aryl methyl sites for hydroxylation is 1. The Morgan fingerprint density at radius 2 is 1.97 bits per heavy atom. The second kappa shape index (κ2) is 7.75. The molecule has 0 atom stereocenters. The third-order valence-corrected chi connectivity index (χ3v) is 7.32. The number of anilines is 1. The van der Waals surface area contributed by atoms with Crippen molar-refractivity contribution in [2.45, 2.75) is 19.9 Å². The third-order valence-electron chi connectivity index (χ3n) is 5.78. The van der Waals surface area contributed by atoms with Gasteiger partial charge in [-0.05, 0) is 37.9 Å². The molecule has 4 aromatic rings. The van der Waals surface area contributed by atoms with Crippen molar-refractivity contribution in [2.75, 3.05) is 25.3 Å². The van der Waals surface area contributed by atoms with Gasteiger partial charge in [0, 0.05) is 47.4 Å². The van der Waals surface area contributed by atoms with Crippen LogP contribution in [0.25, 0.3) is 16.8 Å². The number of halogens is 1. The SMILES string of the molecule is Cc1cn2c(NCc3c(F)ccc4c3CCO4)ncc(-c3ccc(P(C)(C)=O)cc3)c2n1. The highest BCUT2D eigenvalue weighted by Gasteiger charge is 2.20. The summed E-state index contributed by atoms with van der Waals surface area (Å²) in [6, 6.07) is 10.8. The van der Waals surface area contributed by atoms with Crippen molar-refractivity contribution in [3.8, 4) is 16.9 Å². The smallest absolute Gasteiger partial charge is 0.208 e. The summed E-state index contributed by atoms with van der Waals surface area (Å²) in [5, 5.41) is 4.11. The molecule has 0 radical (unpaired) electrons. The van der Waals surface area contributed by atoms with Gasteiger partial charge in [0.1, 0.15) is 24.4 Å². The molecule has 0 fully saturated rings. The number of aromatic nitrogens is 3. The maximum absolute atomic E-state index is 14.5. The Kier molecular flexibility index (Phi) is 5.01. The summed E-state index contributed by atoms with van der Waals surface area (Å²) in [4.78, 5) is 9.30. The van der Waals surface area contributed by atoms with E-state index < -0.39 is 7.14 Å². The monoisotopic (exact) mass is 450 g/mol. The van der Waals surface area contributed by atoms with E-state index in [2.05, 4.69) is 15.3 Å². The Labute approximate surface area is 185 Å². The van der Waals surface area contributed by atoms with Crippen LogP contribution in [0.2, 0.25) is 0 Å². The average Bonchev–Trinajstić information content (AvgIpc) is 3.38. The Morgan fingerprint density at radius 3 is 2.72 bits per heavy atom. The average molecular weight is 450 g/mol. The molecule has 2 aromatic carbocycles. The lowest BCUT2D eigenvalue weighted by Gasteiger charge is -2.13. The summed E-state index contributed by atoms with van der Waals surface area (Å²) in [5.41, 5.74) is 4.95. The van der Waals surface area contributed by atoms with Gasteiger partial charge in [0.05, 0.1) is 12.3 Å². The van der Waals surface area contributed by atoms with Crippen molar-refractivity contribution in [1.82, 2.24) is 14.4 Å². The molecule has 32 heavy (non-hydrogen) atoms. The van der Waals surface area contributed by atoms with Gasteiger partial charge >= 0.3 is 0 Å². The molecule has 164 valence electrons. The molecule has 0 bridgehead atoms. The maximum Gasteiger partial charge on any atom is 0.208 e. The fourth-order valence-corrected chi connectivity index (χ4v) is 4.97. The lowest BCUT2D eigenvalue weighted by molar-refractivity contribution is 0.356. The first-order chi connectivity index (χ1) is 15.3. The molecule has 1 aliphatic rings. The van der Waals surface area contributed by atoms with E-state index >= 15 is 0 Å². The lowest BCUT2D eigenvalue weighted by Crippen LogP contribution is -2.10. The molecule has 2 aromatic heterocycles. The highest BCUT2D eigenvalue weighted by molar-refractivity contribution is 7.70. The minimum absolute atomic E-state index is 0.249. The molecule has 0 spiro atoms. The second-order valence-corrected chi connectivity index (χ2v) is 11.6. The first-order valence-electron chi connectivity index (χ1n) is 10.5. The Balaban J connectivity index is 1.49. The van der Waals surface area contributed by atoms with Gasteiger partial charge in [-0.25, -0.2) is 14.4 Å². The zero-order valence-electron chi connectivity index (χ0n) is 18.2. The molecule has 0 amide bonds. The summed E-state index contributed by atoms with van der Waals surface area (Å²) in [6.45, 7) is 6.33. The fraction of sp³-hybridized carbons (Fsp3) is 0.250. The Hall–Kier alpha value is -3.18. The zero-order valence-corrected chi connectivity index (χ0v) is 19.1. The molecule has 1 aliphatic heterocycles. The minimum atomic E-state index is -2.32. The van der Waals surface area contributed by atoms with E-state index in [1.54, 1.807) is 25.6 Å². The zero-order chi connectivity index (χ0) is 22.5. The van der Waals surface area contributed by atoms with Gasteiger partial charge in [-0.2, -0.15) is 0 Å². The van der Waals surface area contributed by atoms with E-state index in [0.717, 1.165) is 39.1 Å². The molecule has 8 heteroatoms. The second-order valence-electron chi connectivity index (χ2n) is 8.42. The largest absolute Gasteiger partial charge is 0.493 e. The van der Waals surface area contributed by atoms with Crippen molar-refractivity contribution in [3.63, 3.8) is 0 Å². The molecule has 1 N–H and O–H groups in total. The van der Waals surface area contributed by atoms with Gasteiger partial charge in [0.25, 0.3) is 0 Å². The summed E-state index contributed by atoms with van der Waals surface area (Å²) >= 11 is 0. The van der Waals surface area contributed by atoms with Crippen LogP contribution in [0.5, 0.6) is 5.75 Å². The van der Waals surface area contributed by atoms with Crippen molar-refractivity contribution < 1.29 is 13.7 Å². The molecule has 5 rings (SSSR count). The predicted octanol–water partition coefficient (Wildman–Crippen LogP) is 4.64. The van der Waals surface area contributed by atoms with Gasteiger partial charge in [-0.15, -0.1) is 0 Å². The van der Waals surface area contributed by atoms with E-state index in [-0.39, 0.29) is 5.82 Å². The molecule has 0 aliphatic carbocycles. The number of nitrogens with one attached hydrogen (secondary N) is 1. The molecule has 6 nitrogen and oxygen atoms in total. The summed E-state index contributed by atoms with van der Waals surface area (Å²) in [5.74, 6) is 1.09. The van der Waals surface area contributed by atoms with Crippen LogP contribution in [0.15, 0.2) is 48.8 Å². The van der Waals surface area contributed by atoms with Crippen molar-refractivity contribution in [1.29, 1.82) is 0 Å². The van der Waals surface area contributed by atoms with Crippen LogP contribution in [0.4, 0.5) is 10.3 Å². The highest BCUT2D eigenvalue weighted by Crippen LogP contribution is 2.35. The lowest BCUT2D eigenvalue weighted by atomic mass is 10.0. The third kappa shape index (κ3) is 3.67. The molecule has 0 unspecified atom stereocenters. The summed E-state index contributed by atoms with van der Waals surface area (Å²) < 4.78 is 34.3. The van der Waals surface area contributed by atoms with E-state index in [1.165, 1.54) is 6.07 Å². The van der Waals surface area contributed by atoms with Crippen LogP contribution >= 0.6 is 7.14 Å². The van der Waals surface area contributed by atoms with E-state index in [1.807, 2.05) is 41.8 Å². The molecular weight excluding hydrogens is 426 g/mol. The van der Waals surface area contributed by atoms with Gasteiger partial charge in [0.15, 0.2) is 0 Å². The summed E-state index contributed by atoms with van der Waals surface area (Å²) in [7, 11) is -2.32. The first-order valence-corrected chi connectivity index (χ1v) is 13.1. The van der Waals surface area contributed by atoms with Gasteiger partial charge in [-0.3, -0.25) is 4.40 Å². The standard InChI is InChI=1S/C24H24FN4O2P/c1-15-14-29-23(28-15)19(16-4-6-17(7-5-16)32(2,3)30)12-26-24(29)27-13-20-18-10-11-31-22(18)9-8-21(20)25/h4-9,12,14H,10-11,13H2,1-3H3,(H,26,27). The van der Waals surface area contributed by atoms with Crippen LogP contribution in [-0.2, 0) is 17.5 Å². The van der Waals surface area contributed by atoms with E-state index in [4.69, 9.17) is 4.74 Å². The number of rotatable bonds is 5. The van der Waals surface area contributed by atoms with Crippen LogP contribution in [-0.4, -0.2) is 34.3 Å². The van der Waals surface area contributed by atoms with Crippen molar-refractivity contribution in [3.05, 3.63) is 71.4 Å². The van der Waals surface area contributed by atoms with Gasteiger partial charge in [0.2, 0.25) is 5.95 Å². The topological polar surface area (TPSA) is 68.5 Å². The van der Waals surface area contributed by atoms with Crippen LogP contribution < -0.4 is 15.4 Å². The van der Waals surface area contributed by atoms with E-state index in [0.29, 0.717) is 31.1 Å². The van der Waals surface area contributed by atoms with Crippen LogP contribution in [0.3, 0.4) is 0 Å². The fourth-order valence-electron chi connectivity index (χ4n) is 4.10.